The molecular formula is C15H25ClN2O. The molecule has 0 bridgehead atoms. The van der Waals surface area contributed by atoms with Gasteiger partial charge in [0.25, 0.3) is 0 Å². The second-order valence-electron chi connectivity index (χ2n) is 5.75. The Kier molecular flexibility index (Phi) is 6.27. The van der Waals surface area contributed by atoms with Crippen LogP contribution in [0.3, 0.4) is 0 Å². The molecule has 2 rings (SSSR count). The molecule has 0 aliphatic carbocycles. The van der Waals surface area contributed by atoms with Crippen molar-refractivity contribution in [3.8, 4) is 0 Å². The van der Waals surface area contributed by atoms with E-state index in [1.54, 1.807) is 0 Å². The molecule has 0 saturated carbocycles. The maximum absolute atomic E-state index is 9.71. The number of aliphatic hydroxyl groups excluding tert-OH is 1. The van der Waals surface area contributed by atoms with Gasteiger partial charge in [-0.3, -0.25) is 4.90 Å². The maximum atomic E-state index is 9.71. The molecule has 0 aromatic heterocycles. The average molecular weight is 285 g/mol. The molecule has 1 aliphatic heterocycles. The molecule has 1 heterocycles. The zero-order chi connectivity index (χ0) is 13.0. The first kappa shape index (κ1) is 16.4. The number of halogens is 1. The molecule has 1 aliphatic rings. The van der Waals surface area contributed by atoms with Gasteiger partial charge in [-0.1, -0.05) is 44.2 Å². The number of benzene rings is 1. The van der Waals surface area contributed by atoms with E-state index in [0.717, 1.165) is 26.2 Å². The highest BCUT2D eigenvalue weighted by Crippen LogP contribution is 2.37. The Hall–Kier alpha value is -0.610. The number of aliphatic hydroxyl groups is 1. The molecule has 1 fully saturated rings. The largest absolute Gasteiger partial charge is 0.396 e. The monoisotopic (exact) mass is 284 g/mol. The van der Waals surface area contributed by atoms with Crippen LogP contribution < -0.4 is 5.32 Å². The molecular weight excluding hydrogens is 260 g/mol. The standard InChI is InChI=1S/C15H24N2O.ClH/c1-15(2,12-18)14(13-6-4-3-5-7-13)17-10-8-16-9-11-17;/h3-7,14,16,18H,8-12H2,1-2H3;1H/t14-;/m0./s1. The van der Waals surface area contributed by atoms with E-state index < -0.39 is 0 Å². The fraction of sp³-hybridized carbons (Fsp3) is 0.600. The molecule has 108 valence electrons. The Morgan fingerprint density at radius 3 is 2.32 bits per heavy atom. The Bertz CT molecular complexity index is 364. The first-order chi connectivity index (χ1) is 8.65. The van der Waals surface area contributed by atoms with Crippen molar-refractivity contribution in [2.24, 2.45) is 5.41 Å². The van der Waals surface area contributed by atoms with Crippen LogP contribution in [0.25, 0.3) is 0 Å². The third-order valence-corrected chi connectivity index (χ3v) is 3.78. The normalized spacial score (nSPS) is 18.7. The molecule has 0 unspecified atom stereocenters. The molecule has 3 nitrogen and oxygen atoms in total. The van der Waals surface area contributed by atoms with Gasteiger partial charge in [-0.05, 0) is 5.56 Å². The first-order valence-corrected chi connectivity index (χ1v) is 6.76. The van der Waals surface area contributed by atoms with Gasteiger partial charge in [0.1, 0.15) is 0 Å². The molecule has 2 N–H and O–H groups in total. The first-order valence-electron chi connectivity index (χ1n) is 6.76. The molecule has 19 heavy (non-hydrogen) atoms. The highest BCUT2D eigenvalue weighted by molar-refractivity contribution is 5.85. The summed E-state index contributed by atoms with van der Waals surface area (Å²) >= 11 is 0. The van der Waals surface area contributed by atoms with E-state index in [-0.39, 0.29) is 30.5 Å². The molecule has 1 aromatic carbocycles. The molecule has 0 amide bonds. The predicted molar refractivity (Wildman–Crippen MR) is 81.7 cm³/mol. The van der Waals surface area contributed by atoms with Crippen molar-refractivity contribution in [2.75, 3.05) is 32.8 Å². The van der Waals surface area contributed by atoms with Gasteiger partial charge in [0.15, 0.2) is 0 Å². The summed E-state index contributed by atoms with van der Waals surface area (Å²) in [6.07, 6.45) is 0. The van der Waals surface area contributed by atoms with Crippen molar-refractivity contribution in [3.63, 3.8) is 0 Å². The van der Waals surface area contributed by atoms with Gasteiger partial charge in [0, 0.05) is 44.2 Å². The van der Waals surface area contributed by atoms with Crippen LogP contribution in [0.4, 0.5) is 0 Å². The summed E-state index contributed by atoms with van der Waals surface area (Å²) in [6, 6.07) is 10.8. The van der Waals surface area contributed by atoms with Crippen LogP contribution in [0.15, 0.2) is 30.3 Å². The van der Waals surface area contributed by atoms with Gasteiger partial charge in [-0.15, -0.1) is 12.4 Å². The van der Waals surface area contributed by atoms with Gasteiger partial charge in [-0.2, -0.15) is 0 Å². The third-order valence-electron chi connectivity index (χ3n) is 3.78. The topological polar surface area (TPSA) is 35.5 Å². The zero-order valence-electron chi connectivity index (χ0n) is 11.8. The Morgan fingerprint density at radius 1 is 1.21 bits per heavy atom. The van der Waals surface area contributed by atoms with Crippen molar-refractivity contribution in [1.82, 2.24) is 10.2 Å². The predicted octanol–water partition coefficient (Wildman–Crippen LogP) is 2.07. The smallest absolute Gasteiger partial charge is 0.0500 e. The van der Waals surface area contributed by atoms with Crippen molar-refractivity contribution < 1.29 is 5.11 Å². The molecule has 0 radical (unpaired) electrons. The van der Waals surface area contributed by atoms with Gasteiger partial charge >= 0.3 is 0 Å². The zero-order valence-corrected chi connectivity index (χ0v) is 12.6. The fourth-order valence-electron chi connectivity index (χ4n) is 2.82. The van der Waals surface area contributed by atoms with Crippen molar-refractivity contribution >= 4 is 12.4 Å². The van der Waals surface area contributed by atoms with Gasteiger partial charge in [0.2, 0.25) is 0 Å². The van der Waals surface area contributed by atoms with E-state index >= 15 is 0 Å². The summed E-state index contributed by atoms with van der Waals surface area (Å²) in [5, 5.41) is 13.1. The highest BCUT2D eigenvalue weighted by Gasteiger charge is 2.35. The van der Waals surface area contributed by atoms with Gasteiger partial charge in [-0.25, -0.2) is 0 Å². The number of nitrogens with zero attached hydrogens (tertiary/aromatic N) is 1. The molecule has 1 aromatic rings. The van der Waals surface area contributed by atoms with Crippen molar-refractivity contribution in [3.05, 3.63) is 35.9 Å². The minimum absolute atomic E-state index is 0. The van der Waals surface area contributed by atoms with E-state index in [1.807, 2.05) is 6.07 Å². The highest BCUT2D eigenvalue weighted by atomic mass is 35.5. The summed E-state index contributed by atoms with van der Waals surface area (Å²) in [4.78, 5) is 2.49. The number of rotatable bonds is 4. The van der Waals surface area contributed by atoms with E-state index in [9.17, 15) is 5.11 Å². The van der Waals surface area contributed by atoms with Crippen LogP contribution in [0.5, 0.6) is 0 Å². The second kappa shape index (κ2) is 7.25. The van der Waals surface area contributed by atoms with Crippen LogP contribution in [0, 0.1) is 5.41 Å². The van der Waals surface area contributed by atoms with Crippen LogP contribution in [0.2, 0.25) is 0 Å². The minimum atomic E-state index is -0.126. The maximum Gasteiger partial charge on any atom is 0.0500 e. The van der Waals surface area contributed by atoms with Crippen LogP contribution in [0.1, 0.15) is 25.5 Å². The summed E-state index contributed by atoms with van der Waals surface area (Å²) in [7, 11) is 0. The average Bonchev–Trinajstić information content (AvgIpc) is 2.41. The van der Waals surface area contributed by atoms with Gasteiger partial charge in [0.05, 0.1) is 0 Å². The molecule has 0 spiro atoms. The van der Waals surface area contributed by atoms with Crippen LogP contribution in [-0.4, -0.2) is 42.8 Å². The van der Waals surface area contributed by atoms with Gasteiger partial charge < -0.3 is 10.4 Å². The summed E-state index contributed by atoms with van der Waals surface area (Å²) in [5.41, 5.74) is 1.18. The van der Waals surface area contributed by atoms with Crippen LogP contribution in [-0.2, 0) is 0 Å². The van der Waals surface area contributed by atoms with Crippen molar-refractivity contribution in [1.29, 1.82) is 0 Å². The number of piperazine rings is 1. The molecule has 1 atom stereocenters. The fourth-order valence-corrected chi connectivity index (χ4v) is 2.82. The van der Waals surface area contributed by atoms with E-state index in [1.165, 1.54) is 5.56 Å². The second-order valence-corrected chi connectivity index (χ2v) is 5.75. The van der Waals surface area contributed by atoms with E-state index in [4.69, 9.17) is 0 Å². The molecule has 4 heteroatoms. The van der Waals surface area contributed by atoms with E-state index in [2.05, 4.69) is 48.3 Å². The Labute approximate surface area is 122 Å². The quantitative estimate of drug-likeness (QED) is 0.889. The minimum Gasteiger partial charge on any atom is -0.396 e. The third kappa shape index (κ3) is 3.93. The number of hydrogen-bond donors (Lipinski definition) is 2. The molecule has 1 saturated heterocycles. The summed E-state index contributed by atoms with van der Waals surface area (Å²) in [6.45, 7) is 8.65. The summed E-state index contributed by atoms with van der Waals surface area (Å²) in [5.74, 6) is 0. The SMILES string of the molecule is CC(C)(CO)[C@H](c1ccccc1)N1CCNCC1.Cl. The lowest BCUT2D eigenvalue weighted by atomic mass is 9.80. The number of hydrogen-bond acceptors (Lipinski definition) is 3. The Balaban J connectivity index is 0.00000180. The van der Waals surface area contributed by atoms with Crippen molar-refractivity contribution in [2.45, 2.75) is 19.9 Å². The lowest BCUT2D eigenvalue weighted by Gasteiger charge is -2.43. The van der Waals surface area contributed by atoms with E-state index in [0.29, 0.717) is 0 Å². The lowest BCUT2D eigenvalue weighted by Crippen LogP contribution is -2.49. The Morgan fingerprint density at radius 2 is 1.79 bits per heavy atom. The summed E-state index contributed by atoms with van der Waals surface area (Å²) < 4.78 is 0. The number of nitrogens with one attached hydrogen (secondary N) is 1. The lowest BCUT2D eigenvalue weighted by molar-refractivity contribution is 0.0305. The van der Waals surface area contributed by atoms with Crippen LogP contribution >= 0.6 is 12.4 Å².